The molecule has 23 heavy (non-hydrogen) atoms. The number of benzene rings is 2. The molecule has 0 fully saturated rings. The Labute approximate surface area is 131 Å². The highest BCUT2D eigenvalue weighted by Gasteiger charge is 2.29. The molecule has 0 atom stereocenters. The van der Waals surface area contributed by atoms with Crippen LogP contribution in [0, 0.1) is 11.8 Å². The van der Waals surface area contributed by atoms with Crippen LogP contribution >= 0.6 is 0 Å². The summed E-state index contributed by atoms with van der Waals surface area (Å²) < 4.78 is 37.3. The van der Waals surface area contributed by atoms with E-state index in [1.165, 1.54) is 12.1 Å². The van der Waals surface area contributed by atoms with Crippen LogP contribution in [0.1, 0.15) is 21.5 Å². The number of amides is 1. The van der Waals surface area contributed by atoms with E-state index in [1.54, 1.807) is 24.3 Å². The fourth-order valence-corrected chi connectivity index (χ4v) is 1.79. The van der Waals surface area contributed by atoms with Gasteiger partial charge in [0, 0.05) is 16.8 Å². The van der Waals surface area contributed by atoms with Crippen molar-refractivity contribution in [3.8, 4) is 11.8 Å². The molecule has 0 aromatic heterocycles. The Bertz CT molecular complexity index is 739. The number of anilines is 1. The molecule has 0 saturated carbocycles. The van der Waals surface area contributed by atoms with Gasteiger partial charge in [-0.15, -0.1) is 0 Å². The van der Waals surface area contributed by atoms with Gasteiger partial charge in [-0.05, 0) is 48.5 Å². The van der Waals surface area contributed by atoms with E-state index < -0.39 is 17.6 Å². The molecule has 6 heteroatoms. The molecule has 0 aliphatic carbocycles. The largest absolute Gasteiger partial charge is 0.416 e. The van der Waals surface area contributed by atoms with Gasteiger partial charge in [0.15, 0.2) is 0 Å². The molecule has 2 rings (SSSR count). The van der Waals surface area contributed by atoms with Crippen LogP contribution in [0.2, 0.25) is 0 Å². The van der Waals surface area contributed by atoms with Crippen LogP contribution in [0.25, 0.3) is 0 Å². The number of rotatable bonds is 3. The number of primary amides is 1. The van der Waals surface area contributed by atoms with E-state index >= 15 is 0 Å². The summed E-state index contributed by atoms with van der Waals surface area (Å²) in [6.07, 6.45) is -4.34. The highest BCUT2D eigenvalue weighted by molar-refractivity contribution is 5.93. The second-order valence-electron chi connectivity index (χ2n) is 4.67. The standard InChI is InChI=1S/C17H13F3N2O/c18-17(19,20)14-7-3-12(4-8-14)2-1-11-22-15-9-5-13(6-10-15)16(21)23/h3-10,22H,11H2,(H2,21,23). The Balaban J connectivity index is 1.92. The Morgan fingerprint density at radius 1 is 1.04 bits per heavy atom. The van der Waals surface area contributed by atoms with Gasteiger partial charge in [-0.1, -0.05) is 11.8 Å². The zero-order valence-corrected chi connectivity index (χ0v) is 11.9. The van der Waals surface area contributed by atoms with Crippen molar-refractivity contribution >= 4 is 11.6 Å². The van der Waals surface area contributed by atoms with E-state index in [2.05, 4.69) is 17.2 Å². The Kier molecular flexibility index (Phi) is 4.91. The van der Waals surface area contributed by atoms with E-state index in [0.29, 0.717) is 17.7 Å². The Morgan fingerprint density at radius 2 is 1.65 bits per heavy atom. The minimum atomic E-state index is -4.34. The second kappa shape index (κ2) is 6.88. The van der Waals surface area contributed by atoms with Crippen molar-refractivity contribution in [3.05, 3.63) is 65.2 Å². The van der Waals surface area contributed by atoms with Gasteiger partial charge in [0.1, 0.15) is 0 Å². The van der Waals surface area contributed by atoms with Gasteiger partial charge < -0.3 is 11.1 Å². The maximum Gasteiger partial charge on any atom is 0.416 e. The number of alkyl halides is 3. The number of carbonyl (C=O) groups excluding carboxylic acids is 1. The number of halogens is 3. The minimum Gasteiger partial charge on any atom is -0.374 e. The maximum atomic E-state index is 12.4. The SMILES string of the molecule is NC(=O)c1ccc(NCC#Cc2ccc(C(F)(F)F)cc2)cc1. The topological polar surface area (TPSA) is 55.1 Å². The molecule has 2 aromatic carbocycles. The fraction of sp³-hybridized carbons (Fsp3) is 0.118. The first-order chi connectivity index (χ1) is 10.9. The first-order valence-electron chi connectivity index (χ1n) is 6.66. The average molecular weight is 318 g/mol. The normalized spacial score (nSPS) is 10.6. The van der Waals surface area contributed by atoms with Crippen LogP contribution in [0.5, 0.6) is 0 Å². The van der Waals surface area contributed by atoms with Gasteiger partial charge in [0.25, 0.3) is 0 Å². The van der Waals surface area contributed by atoms with E-state index in [-0.39, 0.29) is 0 Å². The lowest BCUT2D eigenvalue weighted by Crippen LogP contribution is -2.10. The summed E-state index contributed by atoms with van der Waals surface area (Å²) in [6.45, 7) is 0.316. The quantitative estimate of drug-likeness (QED) is 0.854. The summed E-state index contributed by atoms with van der Waals surface area (Å²) >= 11 is 0. The van der Waals surface area contributed by atoms with Crippen molar-refractivity contribution in [1.29, 1.82) is 0 Å². The summed E-state index contributed by atoms with van der Waals surface area (Å²) in [4.78, 5) is 10.9. The van der Waals surface area contributed by atoms with Crippen LogP contribution in [0.3, 0.4) is 0 Å². The van der Waals surface area contributed by atoms with Gasteiger partial charge in [0.2, 0.25) is 5.91 Å². The van der Waals surface area contributed by atoms with E-state index in [9.17, 15) is 18.0 Å². The highest BCUT2D eigenvalue weighted by Crippen LogP contribution is 2.28. The van der Waals surface area contributed by atoms with Crippen molar-refractivity contribution in [2.24, 2.45) is 5.73 Å². The van der Waals surface area contributed by atoms with Crippen LogP contribution < -0.4 is 11.1 Å². The third-order valence-corrected chi connectivity index (χ3v) is 3.00. The van der Waals surface area contributed by atoms with Crippen LogP contribution in [0.15, 0.2) is 48.5 Å². The Morgan fingerprint density at radius 3 is 2.17 bits per heavy atom. The third-order valence-electron chi connectivity index (χ3n) is 3.00. The fourth-order valence-electron chi connectivity index (χ4n) is 1.79. The molecular formula is C17H13F3N2O. The number of hydrogen-bond acceptors (Lipinski definition) is 2. The molecule has 1 amide bonds. The number of hydrogen-bond donors (Lipinski definition) is 2. The third kappa shape index (κ3) is 4.78. The van der Waals surface area contributed by atoms with Crippen molar-refractivity contribution in [2.75, 3.05) is 11.9 Å². The summed E-state index contributed by atoms with van der Waals surface area (Å²) in [5.41, 5.74) is 6.11. The van der Waals surface area contributed by atoms with Crippen LogP contribution in [-0.2, 0) is 6.18 Å². The van der Waals surface area contributed by atoms with Crippen molar-refractivity contribution < 1.29 is 18.0 Å². The molecule has 0 aliphatic rings. The molecule has 2 aromatic rings. The van der Waals surface area contributed by atoms with E-state index in [0.717, 1.165) is 17.8 Å². The summed E-state index contributed by atoms with van der Waals surface area (Å²) in [7, 11) is 0. The predicted octanol–water partition coefficient (Wildman–Crippen LogP) is 3.27. The first-order valence-corrected chi connectivity index (χ1v) is 6.66. The highest BCUT2D eigenvalue weighted by atomic mass is 19.4. The molecule has 3 nitrogen and oxygen atoms in total. The van der Waals surface area contributed by atoms with Gasteiger partial charge in [-0.2, -0.15) is 13.2 Å². The first kappa shape index (κ1) is 16.4. The number of nitrogens with two attached hydrogens (primary N) is 1. The lowest BCUT2D eigenvalue weighted by atomic mass is 10.1. The van der Waals surface area contributed by atoms with Crippen LogP contribution in [-0.4, -0.2) is 12.5 Å². The van der Waals surface area contributed by atoms with Crippen molar-refractivity contribution in [1.82, 2.24) is 0 Å². The lowest BCUT2D eigenvalue weighted by Gasteiger charge is -2.05. The van der Waals surface area contributed by atoms with Gasteiger partial charge in [-0.25, -0.2) is 0 Å². The zero-order valence-electron chi connectivity index (χ0n) is 11.9. The van der Waals surface area contributed by atoms with Gasteiger partial charge >= 0.3 is 6.18 Å². The van der Waals surface area contributed by atoms with Gasteiger partial charge in [-0.3, -0.25) is 4.79 Å². The predicted molar refractivity (Wildman–Crippen MR) is 81.8 cm³/mol. The molecule has 118 valence electrons. The second-order valence-corrected chi connectivity index (χ2v) is 4.67. The minimum absolute atomic E-state index is 0.316. The molecule has 0 spiro atoms. The van der Waals surface area contributed by atoms with Crippen molar-refractivity contribution in [2.45, 2.75) is 6.18 Å². The molecule has 0 heterocycles. The van der Waals surface area contributed by atoms with Crippen LogP contribution in [0.4, 0.5) is 18.9 Å². The molecule has 0 aliphatic heterocycles. The lowest BCUT2D eigenvalue weighted by molar-refractivity contribution is -0.137. The summed E-state index contributed by atoms with van der Waals surface area (Å²) in [6, 6.07) is 11.2. The molecule has 0 unspecified atom stereocenters. The average Bonchev–Trinajstić information content (AvgIpc) is 2.51. The molecule has 3 N–H and O–H groups in total. The van der Waals surface area contributed by atoms with E-state index in [1.807, 2.05) is 0 Å². The smallest absolute Gasteiger partial charge is 0.374 e. The Hall–Kier alpha value is -2.94. The zero-order chi connectivity index (χ0) is 16.9. The summed E-state index contributed by atoms with van der Waals surface area (Å²) in [5.74, 6) is 5.08. The number of carbonyl (C=O) groups is 1. The molecule has 0 bridgehead atoms. The van der Waals surface area contributed by atoms with Gasteiger partial charge in [0.05, 0.1) is 12.1 Å². The summed E-state index contributed by atoms with van der Waals surface area (Å²) in [5, 5.41) is 3.01. The van der Waals surface area contributed by atoms with Crippen molar-refractivity contribution in [3.63, 3.8) is 0 Å². The maximum absolute atomic E-state index is 12.4. The monoisotopic (exact) mass is 318 g/mol. The number of nitrogens with one attached hydrogen (secondary N) is 1. The molecule has 0 radical (unpaired) electrons. The molecule has 0 saturated heterocycles. The molecular weight excluding hydrogens is 305 g/mol. The van der Waals surface area contributed by atoms with E-state index in [4.69, 9.17) is 5.73 Å².